The molecule has 2 aromatic carbocycles. The highest BCUT2D eigenvalue weighted by atomic mass is 16.4. The second-order valence-electron chi connectivity index (χ2n) is 10.0. The number of aromatic hydroxyl groups is 1. The first kappa shape index (κ1) is 30.3. The molecule has 206 valence electrons. The van der Waals surface area contributed by atoms with Gasteiger partial charge in [-0.25, -0.2) is 4.79 Å². The molecule has 0 saturated heterocycles. The van der Waals surface area contributed by atoms with E-state index in [0.717, 1.165) is 5.56 Å². The van der Waals surface area contributed by atoms with Crippen LogP contribution in [-0.4, -0.2) is 58.1 Å². The van der Waals surface area contributed by atoms with E-state index in [9.17, 15) is 29.4 Å². The minimum atomic E-state index is -1.27. The zero-order valence-corrected chi connectivity index (χ0v) is 22.2. The van der Waals surface area contributed by atoms with Crippen molar-refractivity contribution in [2.75, 3.05) is 0 Å². The molecule has 4 unspecified atom stereocenters. The Bertz CT molecular complexity index is 1090. The number of nitrogens with two attached hydrogens (primary N) is 1. The monoisotopic (exact) mass is 526 g/mol. The predicted octanol–water partition coefficient (Wildman–Crippen LogP) is 1.36. The van der Waals surface area contributed by atoms with Crippen LogP contribution in [0.2, 0.25) is 0 Å². The van der Waals surface area contributed by atoms with Gasteiger partial charge in [0.1, 0.15) is 23.9 Å². The third-order valence-corrected chi connectivity index (χ3v) is 6.17. The van der Waals surface area contributed by atoms with Crippen LogP contribution in [0.3, 0.4) is 0 Å². The molecule has 0 heterocycles. The second-order valence-corrected chi connectivity index (χ2v) is 10.0. The first-order valence-electron chi connectivity index (χ1n) is 12.6. The third-order valence-electron chi connectivity index (χ3n) is 6.17. The maximum atomic E-state index is 13.3. The summed E-state index contributed by atoms with van der Waals surface area (Å²) in [6.45, 7) is 7.11. The Hall–Kier alpha value is -3.92. The van der Waals surface area contributed by atoms with Crippen LogP contribution in [0, 0.1) is 11.8 Å². The third kappa shape index (κ3) is 9.19. The summed E-state index contributed by atoms with van der Waals surface area (Å²) in [5, 5.41) is 27.1. The molecule has 38 heavy (non-hydrogen) atoms. The van der Waals surface area contributed by atoms with E-state index in [1.54, 1.807) is 64.1 Å². The van der Waals surface area contributed by atoms with Crippen molar-refractivity contribution in [3.63, 3.8) is 0 Å². The van der Waals surface area contributed by atoms with Gasteiger partial charge in [0.25, 0.3) is 0 Å². The van der Waals surface area contributed by atoms with E-state index in [4.69, 9.17) is 5.73 Å². The van der Waals surface area contributed by atoms with Crippen LogP contribution in [0.5, 0.6) is 5.75 Å². The van der Waals surface area contributed by atoms with Crippen molar-refractivity contribution in [3.05, 3.63) is 65.7 Å². The van der Waals surface area contributed by atoms with Crippen molar-refractivity contribution in [1.82, 2.24) is 16.0 Å². The van der Waals surface area contributed by atoms with Crippen LogP contribution >= 0.6 is 0 Å². The standard InChI is InChI=1S/C28H38N4O6/c1-16(2)23(29)26(35)32-24(17(3)4)27(36)30-21(14-18-8-6-5-7-9-18)25(34)31-22(28(37)38)15-19-10-12-20(33)13-11-19/h5-13,16-17,21-24,33H,14-15,29H2,1-4H3,(H,30,36)(H,31,34)(H,32,35)(H,37,38). The minimum absolute atomic E-state index is 0.0227. The van der Waals surface area contributed by atoms with Crippen molar-refractivity contribution in [2.45, 2.75) is 64.7 Å². The highest BCUT2D eigenvalue weighted by molar-refractivity contribution is 5.94. The molecule has 0 saturated carbocycles. The van der Waals surface area contributed by atoms with Crippen LogP contribution in [0.25, 0.3) is 0 Å². The Morgan fingerprint density at radius 1 is 0.711 bits per heavy atom. The number of rotatable bonds is 13. The van der Waals surface area contributed by atoms with Crippen molar-refractivity contribution in [3.8, 4) is 5.75 Å². The van der Waals surface area contributed by atoms with Gasteiger partial charge < -0.3 is 31.9 Å². The van der Waals surface area contributed by atoms with Gasteiger partial charge in [-0.05, 0) is 35.1 Å². The van der Waals surface area contributed by atoms with Gasteiger partial charge in [0.15, 0.2) is 0 Å². The lowest BCUT2D eigenvalue weighted by Gasteiger charge is -2.27. The van der Waals surface area contributed by atoms with Crippen molar-refractivity contribution in [1.29, 1.82) is 0 Å². The lowest BCUT2D eigenvalue weighted by molar-refractivity contribution is -0.142. The van der Waals surface area contributed by atoms with Gasteiger partial charge in [-0.2, -0.15) is 0 Å². The molecule has 0 spiro atoms. The normalized spacial score (nSPS) is 14.3. The molecule has 0 bridgehead atoms. The van der Waals surface area contributed by atoms with Crippen molar-refractivity contribution >= 4 is 23.7 Å². The second kappa shape index (κ2) is 14.1. The van der Waals surface area contributed by atoms with E-state index in [1.165, 1.54) is 12.1 Å². The number of carbonyl (C=O) groups is 4. The van der Waals surface area contributed by atoms with E-state index < -0.39 is 47.9 Å². The summed E-state index contributed by atoms with van der Waals surface area (Å²) >= 11 is 0. The molecule has 0 aliphatic rings. The predicted molar refractivity (Wildman–Crippen MR) is 143 cm³/mol. The van der Waals surface area contributed by atoms with E-state index in [1.807, 2.05) is 6.07 Å². The van der Waals surface area contributed by atoms with Crippen LogP contribution in [0.1, 0.15) is 38.8 Å². The number of benzene rings is 2. The molecule has 10 nitrogen and oxygen atoms in total. The van der Waals surface area contributed by atoms with Gasteiger partial charge in [0.05, 0.1) is 6.04 Å². The van der Waals surface area contributed by atoms with Crippen LogP contribution in [0.15, 0.2) is 54.6 Å². The van der Waals surface area contributed by atoms with Crippen LogP contribution < -0.4 is 21.7 Å². The van der Waals surface area contributed by atoms with Crippen LogP contribution in [0.4, 0.5) is 0 Å². The summed E-state index contributed by atoms with van der Waals surface area (Å²) in [4.78, 5) is 51.1. The zero-order valence-electron chi connectivity index (χ0n) is 22.2. The maximum absolute atomic E-state index is 13.3. The SMILES string of the molecule is CC(C)C(N)C(=O)NC(C(=O)NC(Cc1ccccc1)C(=O)NC(Cc1ccc(O)cc1)C(=O)O)C(C)C. The fourth-order valence-corrected chi connectivity index (χ4v) is 3.75. The Balaban J connectivity index is 2.24. The molecule has 0 aliphatic carbocycles. The zero-order chi connectivity index (χ0) is 28.4. The largest absolute Gasteiger partial charge is 0.508 e. The summed E-state index contributed by atoms with van der Waals surface area (Å²) in [6.07, 6.45) is 0.0827. The number of amides is 3. The average molecular weight is 527 g/mol. The topological polar surface area (TPSA) is 171 Å². The molecule has 10 heteroatoms. The maximum Gasteiger partial charge on any atom is 0.326 e. The number of carboxylic acid groups (broad SMARTS) is 1. The molecule has 0 fully saturated rings. The first-order chi connectivity index (χ1) is 17.9. The number of carbonyl (C=O) groups excluding carboxylic acids is 3. The Kier molecular flexibility index (Phi) is 11.3. The molecule has 3 amide bonds. The number of phenolic OH excluding ortho intramolecular Hbond substituents is 1. The van der Waals surface area contributed by atoms with E-state index in [-0.39, 0.29) is 30.4 Å². The summed E-state index contributed by atoms with van der Waals surface area (Å²) in [7, 11) is 0. The van der Waals surface area contributed by atoms with E-state index in [0.29, 0.717) is 5.56 Å². The number of carboxylic acids is 1. The summed E-state index contributed by atoms with van der Waals surface area (Å²) < 4.78 is 0. The van der Waals surface area contributed by atoms with Crippen molar-refractivity contribution in [2.24, 2.45) is 17.6 Å². The number of phenols is 1. The number of hydrogen-bond acceptors (Lipinski definition) is 6. The summed E-state index contributed by atoms with van der Waals surface area (Å²) in [6, 6.07) is 10.9. The van der Waals surface area contributed by atoms with Crippen LogP contribution in [-0.2, 0) is 32.0 Å². The summed E-state index contributed by atoms with van der Waals surface area (Å²) in [5.41, 5.74) is 7.29. The minimum Gasteiger partial charge on any atom is -0.508 e. The fraction of sp³-hybridized carbons (Fsp3) is 0.429. The fourth-order valence-electron chi connectivity index (χ4n) is 3.75. The molecule has 7 N–H and O–H groups in total. The Labute approximate surface area is 223 Å². The average Bonchev–Trinajstić information content (AvgIpc) is 2.87. The molecular weight excluding hydrogens is 488 g/mol. The molecule has 2 aromatic rings. The van der Waals surface area contributed by atoms with Gasteiger partial charge in [-0.15, -0.1) is 0 Å². The Morgan fingerprint density at radius 3 is 1.76 bits per heavy atom. The first-order valence-corrected chi connectivity index (χ1v) is 12.6. The van der Waals surface area contributed by atoms with Gasteiger partial charge in [-0.1, -0.05) is 70.2 Å². The smallest absolute Gasteiger partial charge is 0.326 e. The highest BCUT2D eigenvalue weighted by Crippen LogP contribution is 2.13. The number of aliphatic carboxylic acids is 1. The number of hydrogen-bond donors (Lipinski definition) is 6. The number of nitrogens with one attached hydrogen (secondary N) is 3. The lowest BCUT2D eigenvalue weighted by atomic mass is 9.99. The molecule has 0 radical (unpaired) electrons. The Morgan fingerprint density at radius 2 is 1.24 bits per heavy atom. The van der Waals surface area contributed by atoms with E-state index >= 15 is 0 Å². The van der Waals surface area contributed by atoms with Gasteiger partial charge in [0.2, 0.25) is 17.7 Å². The summed E-state index contributed by atoms with van der Waals surface area (Å²) in [5.74, 6) is -3.38. The molecule has 0 aromatic heterocycles. The van der Waals surface area contributed by atoms with Crippen molar-refractivity contribution < 1.29 is 29.4 Å². The molecule has 2 rings (SSSR count). The molecule has 4 atom stereocenters. The quantitative estimate of drug-likeness (QED) is 0.229. The van der Waals surface area contributed by atoms with E-state index in [2.05, 4.69) is 16.0 Å². The van der Waals surface area contributed by atoms with Gasteiger partial charge in [-0.3, -0.25) is 14.4 Å². The molecule has 0 aliphatic heterocycles. The lowest BCUT2D eigenvalue weighted by Crippen LogP contribution is -2.59. The molecular formula is C28H38N4O6. The highest BCUT2D eigenvalue weighted by Gasteiger charge is 2.32. The van der Waals surface area contributed by atoms with Gasteiger partial charge in [0, 0.05) is 12.8 Å². The van der Waals surface area contributed by atoms with Gasteiger partial charge >= 0.3 is 5.97 Å².